The molecule has 0 radical (unpaired) electrons. The first kappa shape index (κ1) is 29.7. The van der Waals surface area contributed by atoms with Gasteiger partial charge in [-0.25, -0.2) is 4.98 Å². The quantitative estimate of drug-likeness (QED) is 0.305. The number of hydrogen-bond acceptors (Lipinski definition) is 7. The van der Waals surface area contributed by atoms with Gasteiger partial charge in [-0.3, -0.25) is 4.98 Å². The van der Waals surface area contributed by atoms with Crippen LogP contribution in [0.15, 0.2) is 42.6 Å². The maximum Gasteiger partial charge on any atom is 0.416 e. The minimum atomic E-state index is -4.46. The number of nitrogens with zero attached hydrogens (tertiary/aromatic N) is 4. The number of ether oxygens (including phenoxy) is 1. The van der Waals surface area contributed by atoms with E-state index in [-0.39, 0.29) is 11.6 Å². The van der Waals surface area contributed by atoms with Crippen LogP contribution >= 0.6 is 18.7 Å². The van der Waals surface area contributed by atoms with Crippen LogP contribution in [0.4, 0.5) is 30.5 Å². The molecule has 0 saturated carbocycles. The van der Waals surface area contributed by atoms with Gasteiger partial charge in [0.05, 0.1) is 30.3 Å². The molecule has 2 aliphatic rings. The van der Waals surface area contributed by atoms with Gasteiger partial charge in [-0.1, -0.05) is 18.5 Å². The first-order valence-electron chi connectivity index (χ1n) is 13.8. The van der Waals surface area contributed by atoms with E-state index in [0.717, 1.165) is 62.0 Å². The summed E-state index contributed by atoms with van der Waals surface area (Å²) in [7, 11) is -0.932. The van der Waals surface area contributed by atoms with Crippen LogP contribution < -0.4 is 20.3 Å². The molecule has 0 aliphatic carbocycles. The molecule has 220 valence electrons. The minimum Gasteiger partial charge on any atom is -0.495 e. The zero-order chi connectivity index (χ0) is 29.2. The van der Waals surface area contributed by atoms with Crippen LogP contribution in [0.1, 0.15) is 36.6 Å². The summed E-state index contributed by atoms with van der Waals surface area (Å²) in [6.07, 6.45) is 0.961. The fourth-order valence-corrected chi connectivity index (χ4v) is 8.23. The van der Waals surface area contributed by atoms with Crippen molar-refractivity contribution in [2.24, 2.45) is 0 Å². The zero-order valence-corrected chi connectivity index (χ0v) is 24.8. The zero-order valence-electron chi connectivity index (χ0n) is 23.2. The summed E-state index contributed by atoms with van der Waals surface area (Å²) in [5, 5.41) is 4.37. The Balaban J connectivity index is 1.40. The molecule has 5 rings (SSSR count). The number of rotatable bonds is 7. The van der Waals surface area contributed by atoms with Gasteiger partial charge in [0.2, 0.25) is 0 Å². The average molecular weight is 608 g/mol. The molecule has 1 saturated heterocycles. The molecule has 3 heterocycles. The van der Waals surface area contributed by atoms with Crippen molar-refractivity contribution in [1.29, 1.82) is 0 Å². The Morgan fingerprint density at radius 2 is 1.88 bits per heavy atom. The Morgan fingerprint density at radius 3 is 2.59 bits per heavy atom. The van der Waals surface area contributed by atoms with Crippen molar-refractivity contribution in [3.8, 4) is 5.75 Å². The van der Waals surface area contributed by atoms with Crippen LogP contribution in [-0.2, 0) is 23.7 Å². The molecule has 0 atom stereocenters. The number of aryl methyl sites for hydroxylation is 1. The molecule has 0 spiro atoms. The highest BCUT2D eigenvalue weighted by Gasteiger charge is 2.32. The number of methoxy groups -OCH3 is 1. The molecule has 1 fully saturated rings. The summed E-state index contributed by atoms with van der Waals surface area (Å²) in [4.78, 5) is 13.7. The topological polar surface area (TPSA) is 70.6 Å². The summed E-state index contributed by atoms with van der Waals surface area (Å²) in [6.45, 7) is 5.51. The number of fused-ring (bicyclic) bond motifs is 1. The molecule has 0 bridgehead atoms. The number of anilines is 3. The summed E-state index contributed by atoms with van der Waals surface area (Å²) in [5.74, 6) is 1.64. The summed E-state index contributed by atoms with van der Waals surface area (Å²) < 4.78 is 59.5. The monoisotopic (exact) mass is 607 g/mol. The molecule has 0 unspecified atom stereocenters. The number of aromatic nitrogens is 2. The van der Waals surface area contributed by atoms with E-state index in [2.05, 4.69) is 22.1 Å². The molecular weight excluding hydrogens is 574 g/mol. The van der Waals surface area contributed by atoms with Crippen molar-refractivity contribution in [2.45, 2.75) is 38.9 Å². The van der Waals surface area contributed by atoms with E-state index in [1.165, 1.54) is 6.07 Å². The number of hydrogen-bond donors (Lipinski definition) is 1. The van der Waals surface area contributed by atoms with Crippen LogP contribution in [0.2, 0.25) is 5.02 Å². The second-order valence-electron chi connectivity index (χ2n) is 10.5. The summed E-state index contributed by atoms with van der Waals surface area (Å²) in [5.41, 5.74) is 1.09. The molecule has 1 N–H and O–H groups in total. The van der Waals surface area contributed by atoms with E-state index >= 15 is 0 Å². The predicted molar refractivity (Wildman–Crippen MR) is 158 cm³/mol. The van der Waals surface area contributed by atoms with Gasteiger partial charge < -0.3 is 24.4 Å². The van der Waals surface area contributed by atoms with Crippen molar-refractivity contribution >= 4 is 41.4 Å². The first-order chi connectivity index (χ1) is 19.6. The maximum atomic E-state index is 13.7. The normalized spacial score (nSPS) is 17.6. The Morgan fingerprint density at radius 1 is 1.10 bits per heavy atom. The Labute approximate surface area is 243 Å². The lowest BCUT2D eigenvalue weighted by molar-refractivity contribution is -0.137. The fraction of sp³-hybridized carbons (Fsp3) is 0.448. The highest BCUT2D eigenvalue weighted by atomic mass is 35.5. The van der Waals surface area contributed by atoms with Gasteiger partial charge in [-0.2, -0.15) is 13.2 Å². The third kappa shape index (κ3) is 6.65. The lowest BCUT2D eigenvalue weighted by Crippen LogP contribution is -2.36. The molecule has 41 heavy (non-hydrogen) atoms. The van der Waals surface area contributed by atoms with Crippen molar-refractivity contribution in [1.82, 2.24) is 14.9 Å². The fourth-order valence-electron chi connectivity index (χ4n) is 5.41. The lowest BCUT2D eigenvalue weighted by atomic mass is 10.1. The third-order valence-electron chi connectivity index (χ3n) is 7.87. The van der Waals surface area contributed by atoms with Crippen molar-refractivity contribution < 1.29 is 22.5 Å². The van der Waals surface area contributed by atoms with Gasteiger partial charge in [0.15, 0.2) is 11.6 Å². The van der Waals surface area contributed by atoms with Crippen molar-refractivity contribution in [3.63, 3.8) is 0 Å². The van der Waals surface area contributed by atoms with E-state index < -0.39 is 18.9 Å². The second kappa shape index (κ2) is 12.2. The number of benzene rings is 2. The lowest BCUT2D eigenvalue weighted by Gasteiger charge is -2.31. The van der Waals surface area contributed by atoms with Crippen LogP contribution in [0.25, 0.3) is 0 Å². The largest absolute Gasteiger partial charge is 0.495 e. The Bertz CT molecular complexity index is 1440. The smallest absolute Gasteiger partial charge is 0.416 e. The Hall–Kier alpha value is -2.81. The molecule has 2 aromatic carbocycles. The van der Waals surface area contributed by atoms with Gasteiger partial charge in [-0.15, -0.1) is 0 Å². The maximum absolute atomic E-state index is 13.7. The molecular formula is C29H34ClF3N5O2P. The van der Waals surface area contributed by atoms with Crippen LogP contribution in [-0.4, -0.2) is 60.5 Å². The molecule has 3 aromatic rings. The van der Waals surface area contributed by atoms with Crippen LogP contribution in [0.3, 0.4) is 0 Å². The highest BCUT2D eigenvalue weighted by Crippen LogP contribution is 2.47. The van der Waals surface area contributed by atoms with E-state index in [4.69, 9.17) is 21.3 Å². The average Bonchev–Trinajstić information content (AvgIpc) is 3.16. The van der Waals surface area contributed by atoms with Gasteiger partial charge in [0.25, 0.3) is 0 Å². The summed E-state index contributed by atoms with van der Waals surface area (Å²) >= 11 is 6.32. The SMILES string of the molecule is CCN1CCP(=O)(c2ccc(Nc3cnc4c(n3)N(Cc3cc(C(F)(F)F)ccc3Cl)CCCC4)c(OC)c2)CC1. The molecule has 2 aliphatic heterocycles. The van der Waals surface area contributed by atoms with E-state index in [1.54, 1.807) is 13.3 Å². The number of nitrogens with one attached hydrogen (secondary N) is 1. The van der Waals surface area contributed by atoms with E-state index in [0.29, 0.717) is 47.5 Å². The third-order valence-corrected chi connectivity index (χ3v) is 11.3. The highest BCUT2D eigenvalue weighted by molar-refractivity contribution is 7.71. The molecule has 7 nitrogen and oxygen atoms in total. The van der Waals surface area contributed by atoms with Gasteiger partial charge in [0, 0.05) is 48.8 Å². The first-order valence-corrected chi connectivity index (χ1v) is 16.3. The number of alkyl halides is 3. The van der Waals surface area contributed by atoms with Gasteiger partial charge >= 0.3 is 6.18 Å². The standard InChI is InChI=1S/C29H34ClF3N5O2P/c1-3-37-12-14-41(39,15-13-37)22-8-10-24(26(17-22)40-2)35-27-18-34-25-6-4-5-11-38(28(25)36-27)19-20-16-21(29(31,32)33)7-9-23(20)30/h7-10,16-18H,3-6,11-15,19H2,1-2H3,(H,35,36). The van der Waals surface area contributed by atoms with E-state index in [9.17, 15) is 17.7 Å². The van der Waals surface area contributed by atoms with Gasteiger partial charge in [0.1, 0.15) is 12.9 Å². The van der Waals surface area contributed by atoms with Crippen LogP contribution in [0, 0.1) is 0 Å². The van der Waals surface area contributed by atoms with Crippen molar-refractivity contribution in [3.05, 3.63) is 64.4 Å². The molecule has 12 heteroatoms. The summed E-state index contributed by atoms with van der Waals surface area (Å²) in [6, 6.07) is 8.99. The molecule has 1 aromatic heterocycles. The van der Waals surface area contributed by atoms with Crippen molar-refractivity contribution in [2.75, 3.05) is 55.8 Å². The van der Waals surface area contributed by atoms with E-state index in [1.807, 2.05) is 23.1 Å². The molecule has 0 amide bonds. The number of halogens is 4. The second-order valence-corrected chi connectivity index (χ2v) is 14.1. The van der Waals surface area contributed by atoms with Crippen LogP contribution in [0.5, 0.6) is 5.75 Å². The Kier molecular flexibility index (Phi) is 8.83. The minimum absolute atomic E-state index is 0.177. The van der Waals surface area contributed by atoms with Gasteiger partial charge in [-0.05, 0) is 67.8 Å². The predicted octanol–water partition coefficient (Wildman–Crippen LogP) is 6.57.